The van der Waals surface area contributed by atoms with Crippen LogP contribution in [0.15, 0.2) is 28.9 Å². The van der Waals surface area contributed by atoms with Crippen molar-refractivity contribution in [2.75, 3.05) is 0 Å². The van der Waals surface area contributed by atoms with Crippen LogP contribution < -0.4 is 0 Å². The van der Waals surface area contributed by atoms with Crippen LogP contribution in [0.25, 0.3) is 11.3 Å². The number of aromatic amines is 1. The monoisotopic (exact) mass is 292 g/mol. The highest BCUT2D eigenvalue weighted by Crippen LogP contribution is 2.36. The molecule has 4 heteroatoms. The van der Waals surface area contributed by atoms with Crippen molar-refractivity contribution in [3.63, 3.8) is 0 Å². The molecule has 1 aromatic heterocycles. The first-order valence-electron chi connectivity index (χ1n) is 5.78. The van der Waals surface area contributed by atoms with Gasteiger partial charge in [-0.15, -0.1) is 0 Å². The van der Waals surface area contributed by atoms with Crippen molar-refractivity contribution in [3.05, 3.63) is 34.7 Å². The lowest BCUT2D eigenvalue weighted by Crippen LogP contribution is -2.10. The number of rotatable bonds is 2. The SMILES string of the molecule is Oc1cc(-c2cnc(C3CCC3)[nH]2)ccc1Br. The molecule has 0 atom stereocenters. The molecule has 1 saturated carbocycles. The molecule has 3 nitrogen and oxygen atoms in total. The summed E-state index contributed by atoms with van der Waals surface area (Å²) in [5, 5.41) is 9.65. The molecule has 3 rings (SSSR count). The van der Waals surface area contributed by atoms with Crippen molar-refractivity contribution in [2.24, 2.45) is 0 Å². The maximum Gasteiger partial charge on any atom is 0.130 e. The van der Waals surface area contributed by atoms with Crippen LogP contribution in [0.2, 0.25) is 0 Å². The number of aromatic nitrogens is 2. The fourth-order valence-electron chi connectivity index (χ4n) is 2.05. The Morgan fingerprint density at radius 1 is 1.35 bits per heavy atom. The highest BCUT2D eigenvalue weighted by Gasteiger charge is 2.22. The number of benzene rings is 1. The third kappa shape index (κ3) is 1.97. The number of hydrogen-bond donors (Lipinski definition) is 2. The molecule has 1 heterocycles. The minimum atomic E-state index is 0.252. The molecule has 0 aliphatic heterocycles. The first kappa shape index (κ1) is 10.8. The van der Waals surface area contributed by atoms with Gasteiger partial charge in [0.05, 0.1) is 16.4 Å². The number of nitrogens with one attached hydrogen (secondary N) is 1. The maximum absolute atomic E-state index is 9.65. The van der Waals surface area contributed by atoms with Gasteiger partial charge in [0.1, 0.15) is 11.6 Å². The van der Waals surface area contributed by atoms with Crippen molar-refractivity contribution < 1.29 is 5.11 Å². The molecular formula is C13H13BrN2O. The molecule has 1 fully saturated rings. The van der Waals surface area contributed by atoms with Gasteiger partial charge in [-0.25, -0.2) is 4.98 Å². The first-order valence-corrected chi connectivity index (χ1v) is 6.57. The molecule has 0 saturated heterocycles. The largest absolute Gasteiger partial charge is 0.507 e. The number of phenols is 1. The van der Waals surface area contributed by atoms with Crippen LogP contribution in [0.3, 0.4) is 0 Å². The summed E-state index contributed by atoms with van der Waals surface area (Å²) in [6, 6.07) is 5.54. The summed E-state index contributed by atoms with van der Waals surface area (Å²) in [6.45, 7) is 0. The Hall–Kier alpha value is -1.29. The molecule has 1 aromatic carbocycles. The van der Waals surface area contributed by atoms with E-state index in [1.807, 2.05) is 18.3 Å². The molecule has 0 radical (unpaired) electrons. The van der Waals surface area contributed by atoms with Crippen LogP contribution >= 0.6 is 15.9 Å². The molecule has 0 unspecified atom stereocenters. The van der Waals surface area contributed by atoms with E-state index in [0.29, 0.717) is 10.4 Å². The average molecular weight is 293 g/mol. The zero-order valence-electron chi connectivity index (χ0n) is 9.28. The number of hydrogen-bond acceptors (Lipinski definition) is 2. The number of phenolic OH excluding ortho intramolecular Hbond substituents is 1. The number of aromatic hydroxyl groups is 1. The minimum Gasteiger partial charge on any atom is -0.507 e. The highest BCUT2D eigenvalue weighted by atomic mass is 79.9. The minimum absolute atomic E-state index is 0.252. The molecule has 0 spiro atoms. The number of nitrogens with zero attached hydrogens (tertiary/aromatic N) is 1. The molecule has 2 aromatic rings. The molecule has 1 aliphatic carbocycles. The van der Waals surface area contributed by atoms with Crippen LogP contribution in [0.1, 0.15) is 31.0 Å². The Morgan fingerprint density at radius 2 is 2.18 bits per heavy atom. The molecule has 17 heavy (non-hydrogen) atoms. The molecule has 0 amide bonds. The van der Waals surface area contributed by atoms with Crippen LogP contribution in [0, 0.1) is 0 Å². The first-order chi connectivity index (χ1) is 8.24. The average Bonchev–Trinajstić information content (AvgIpc) is 2.69. The summed E-state index contributed by atoms with van der Waals surface area (Å²) in [6.07, 6.45) is 5.62. The van der Waals surface area contributed by atoms with E-state index < -0.39 is 0 Å². The fraction of sp³-hybridized carbons (Fsp3) is 0.308. The van der Waals surface area contributed by atoms with Gasteiger partial charge in [0, 0.05) is 11.5 Å². The van der Waals surface area contributed by atoms with Crippen LogP contribution in [-0.2, 0) is 0 Å². The fourth-order valence-corrected chi connectivity index (χ4v) is 2.30. The Labute approximate surface area is 108 Å². The van der Waals surface area contributed by atoms with Gasteiger partial charge in [0.25, 0.3) is 0 Å². The van der Waals surface area contributed by atoms with Gasteiger partial charge in [-0.1, -0.05) is 12.5 Å². The standard InChI is InChI=1S/C13H13BrN2O/c14-10-5-4-9(6-12(10)17)11-7-15-13(16-11)8-2-1-3-8/h4-8,17H,1-3H2,(H,15,16). The number of H-pyrrole nitrogens is 1. The predicted molar refractivity (Wildman–Crippen MR) is 70.0 cm³/mol. The lowest BCUT2D eigenvalue weighted by Gasteiger charge is -2.22. The van der Waals surface area contributed by atoms with Crippen molar-refractivity contribution in [1.29, 1.82) is 0 Å². The van der Waals surface area contributed by atoms with Crippen LogP contribution in [0.4, 0.5) is 0 Å². The van der Waals surface area contributed by atoms with Crippen molar-refractivity contribution >= 4 is 15.9 Å². The third-order valence-corrected chi connectivity index (χ3v) is 4.02. The van der Waals surface area contributed by atoms with Crippen molar-refractivity contribution in [3.8, 4) is 17.0 Å². The second-order valence-corrected chi connectivity index (χ2v) is 5.33. The summed E-state index contributed by atoms with van der Waals surface area (Å²) in [5.74, 6) is 1.93. The van der Waals surface area contributed by atoms with Gasteiger partial charge >= 0.3 is 0 Å². The molecule has 1 aliphatic rings. The summed E-state index contributed by atoms with van der Waals surface area (Å²) in [5.41, 5.74) is 1.93. The van der Waals surface area contributed by atoms with E-state index >= 15 is 0 Å². The van der Waals surface area contributed by atoms with E-state index in [4.69, 9.17) is 0 Å². The van der Waals surface area contributed by atoms with E-state index in [2.05, 4.69) is 25.9 Å². The zero-order chi connectivity index (χ0) is 11.8. The summed E-state index contributed by atoms with van der Waals surface area (Å²) < 4.78 is 0.708. The third-order valence-electron chi connectivity index (χ3n) is 3.34. The van der Waals surface area contributed by atoms with Gasteiger partial charge in [-0.3, -0.25) is 0 Å². The summed E-state index contributed by atoms with van der Waals surface area (Å²) in [4.78, 5) is 7.76. The molecule has 2 N–H and O–H groups in total. The van der Waals surface area contributed by atoms with Crippen LogP contribution in [0.5, 0.6) is 5.75 Å². The molecule has 88 valence electrons. The zero-order valence-corrected chi connectivity index (χ0v) is 10.9. The van der Waals surface area contributed by atoms with Gasteiger partial charge in [0.15, 0.2) is 0 Å². The Bertz CT molecular complexity index is 546. The maximum atomic E-state index is 9.65. The van der Waals surface area contributed by atoms with E-state index in [9.17, 15) is 5.11 Å². The second-order valence-electron chi connectivity index (χ2n) is 4.48. The summed E-state index contributed by atoms with van der Waals surface area (Å²) >= 11 is 3.27. The normalized spacial score (nSPS) is 15.8. The Morgan fingerprint density at radius 3 is 2.82 bits per heavy atom. The van der Waals surface area contributed by atoms with Gasteiger partial charge < -0.3 is 10.1 Å². The van der Waals surface area contributed by atoms with Crippen LogP contribution in [-0.4, -0.2) is 15.1 Å². The summed E-state index contributed by atoms with van der Waals surface area (Å²) in [7, 11) is 0. The van der Waals surface area contributed by atoms with Gasteiger partial charge in [-0.05, 0) is 40.9 Å². The second kappa shape index (κ2) is 4.18. The highest BCUT2D eigenvalue weighted by molar-refractivity contribution is 9.10. The van der Waals surface area contributed by atoms with E-state index in [1.54, 1.807) is 6.07 Å². The van der Waals surface area contributed by atoms with Gasteiger partial charge in [-0.2, -0.15) is 0 Å². The number of halogens is 1. The molecule has 0 bridgehead atoms. The lowest BCUT2D eigenvalue weighted by molar-refractivity contribution is 0.404. The predicted octanol–water partition coefficient (Wildman–Crippen LogP) is 3.81. The quantitative estimate of drug-likeness (QED) is 0.884. The smallest absolute Gasteiger partial charge is 0.130 e. The van der Waals surface area contributed by atoms with Gasteiger partial charge in [0.2, 0.25) is 0 Å². The van der Waals surface area contributed by atoms with E-state index in [1.165, 1.54) is 19.3 Å². The topological polar surface area (TPSA) is 48.9 Å². The Balaban J connectivity index is 1.92. The van der Waals surface area contributed by atoms with E-state index in [0.717, 1.165) is 17.1 Å². The number of imidazole rings is 1. The lowest BCUT2D eigenvalue weighted by atomic mass is 9.85. The van der Waals surface area contributed by atoms with E-state index in [-0.39, 0.29) is 5.75 Å². The van der Waals surface area contributed by atoms with Crippen molar-refractivity contribution in [1.82, 2.24) is 9.97 Å². The molecular weight excluding hydrogens is 280 g/mol. The Kier molecular flexibility index (Phi) is 2.67. The van der Waals surface area contributed by atoms with Crippen molar-refractivity contribution in [2.45, 2.75) is 25.2 Å².